The first-order valence-electron chi connectivity index (χ1n) is 15.5. The van der Waals surface area contributed by atoms with E-state index in [0.29, 0.717) is 6.04 Å². The molecule has 0 radical (unpaired) electrons. The Hall–Kier alpha value is -1.51. The van der Waals surface area contributed by atoms with Gasteiger partial charge in [0.15, 0.2) is 8.32 Å². The van der Waals surface area contributed by atoms with E-state index in [1.54, 1.807) is 0 Å². The fourth-order valence-corrected chi connectivity index (χ4v) is 14.6. The van der Waals surface area contributed by atoms with E-state index < -0.39 is 41.8 Å². The first-order chi connectivity index (χ1) is 20.4. The Balaban J connectivity index is 2.29. The number of rotatable bonds is 13. The van der Waals surface area contributed by atoms with Crippen LogP contribution in [-0.2, 0) is 22.7 Å². The van der Waals surface area contributed by atoms with Gasteiger partial charge in [-0.3, -0.25) is 0 Å². The van der Waals surface area contributed by atoms with E-state index in [1.807, 2.05) is 20.0 Å². The first kappa shape index (κ1) is 37.0. The second-order valence-corrected chi connectivity index (χ2v) is 26.1. The highest BCUT2D eigenvalue weighted by atomic mass is 31.2. The van der Waals surface area contributed by atoms with Crippen molar-refractivity contribution in [3.8, 4) is 6.07 Å². The predicted octanol–water partition coefficient (Wildman–Crippen LogP) is 5.32. The van der Waals surface area contributed by atoms with Crippen molar-refractivity contribution < 1.29 is 27.8 Å². The molecule has 0 saturated carbocycles. The van der Waals surface area contributed by atoms with Crippen molar-refractivity contribution in [3.05, 3.63) is 60.7 Å². The molecule has 2 aromatic carbocycles. The zero-order valence-electron chi connectivity index (χ0n) is 28.4. The van der Waals surface area contributed by atoms with Gasteiger partial charge in [0.25, 0.3) is 7.57 Å². The highest BCUT2D eigenvalue weighted by Gasteiger charge is 2.63. The number of nitriles is 1. The van der Waals surface area contributed by atoms with Gasteiger partial charge in [0.1, 0.15) is 27.6 Å². The van der Waals surface area contributed by atoms with Gasteiger partial charge in [0.2, 0.25) is 0 Å². The number of aliphatic hydroxyl groups is 1. The highest BCUT2D eigenvalue weighted by molar-refractivity contribution is 7.59. The summed E-state index contributed by atoms with van der Waals surface area (Å²) in [6, 6.07) is 23.6. The summed E-state index contributed by atoms with van der Waals surface area (Å²) < 4.78 is 32.8. The Morgan fingerprint density at radius 3 is 1.93 bits per heavy atom. The number of aliphatic hydroxyl groups excluding tert-OH is 1. The van der Waals surface area contributed by atoms with E-state index in [2.05, 4.69) is 116 Å². The molecule has 1 aliphatic heterocycles. The molecule has 242 valence electrons. The first-order valence-corrected chi connectivity index (χ1v) is 22.3. The molecule has 1 aliphatic rings. The Bertz CT molecular complexity index is 1270. The van der Waals surface area contributed by atoms with E-state index in [4.69, 9.17) is 28.0 Å². The number of benzene rings is 2. The summed E-state index contributed by atoms with van der Waals surface area (Å²) in [4.78, 5) is 0. The molecule has 1 saturated heterocycles. The summed E-state index contributed by atoms with van der Waals surface area (Å²) in [6.45, 7) is 17.8. The van der Waals surface area contributed by atoms with E-state index in [1.165, 1.54) is 17.5 Å². The zero-order chi connectivity index (χ0) is 33.0. The molecular formula is C33H53BNO6PSi2. The zero-order valence-corrected chi connectivity index (χ0v) is 31.3. The van der Waals surface area contributed by atoms with Crippen LogP contribution in [0.15, 0.2) is 60.7 Å². The number of ether oxygens (including phenoxy) is 1. The fraction of sp³-hybridized carbons (Fsp3) is 0.576. The highest BCUT2D eigenvalue weighted by Crippen LogP contribution is 2.56. The predicted molar refractivity (Wildman–Crippen MR) is 190 cm³/mol. The summed E-state index contributed by atoms with van der Waals surface area (Å²) in [5.41, 5.74) is -1.16. The molecule has 3 rings (SSSR count). The Labute approximate surface area is 269 Å². The number of hydrogen-bond acceptors (Lipinski definition) is 7. The van der Waals surface area contributed by atoms with Crippen molar-refractivity contribution in [2.45, 2.75) is 101 Å². The summed E-state index contributed by atoms with van der Waals surface area (Å²) >= 11 is 0. The number of nitrogens with zero attached hydrogens (tertiary/aromatic N) is 1. The van der Waals surface area contributed by atoms with Gasteiger partial charge in [-0.15, -0.1) is 0 Å². The summed E-state index contributed by atoms with van der Waals surface area (Å²) in [6.07, 6.45) is 3.19. The van der Waals surface area contributed by atoms with E-state index in [-0.39, 0.29) is 35.7 Å². The van der Waals surface area contributed by atoms with Gasteiger partial charge in [-0.25, -0.2) is 0 Å². The summed E-state index contributed by atoms with van der Waals surface area (Å²) in [5, 5.41) is 22.9. The lowest BCUT2D eigenvalue weighted by molar-refractivity contribution is -0.0833. The quantitative estimate of drug-likeness (QED) is 0.177. The SMILES string of the molecule is B[C@@H]1O[C@@](CO)(C[Si](c2ccccc2)(c2ccccc2)C(C)(C)C)C(OP(=C)(OC)OCCC#N)[C@@H]1O[Si](C)(C)C(C)(C)C. The Morgan fingerprint density at radius 1 is 1.00 bits per heavy atom. The average molecular weight is 658 g/mol. The van der Waals surface area contributed by atoms with E-state index in [0.717, 1.165) is 0 Å². The third kappa shape index (κ3) is 7.54. The van der Waals surface area contributed by atoms with Crippen molar-refractivity contribution in [2.24, 2.45) is 0 Å². The van der Waals surface area contributed by atoms with Crippen LogP contribution >= 0.6 is 7.57 Å². The lowest BCUT2D eigenvalue weighted by atomic mass is 9.90. The maximum atomic E-state index is 11.5. The maximum absolute atomic E-state index is 11.5. The molecule has 0 aliphatic carbocycles. The molecule has 11 heteroatoms. The van der Waals surface area contributed by atoms with Gasteiger partial charge in [0, 0.05) is 7.11 Å². The topological polar surface area (TPSA) is 90.2 Å². The summed E-state index contributed by atoms with van der Waals surface area (Å²) in [5.74, 6) is 0. The minimum absolute atomic E-state index is 0.0685. The third-order valence-corrected chi connectivity index (χ3v) is 22.1. The van der Waals surface area contributed by atoms with Crippen LogP contribution in [0.1, 0.15) is 48.0 Å². The largest absolute Gasteiger partial charge is 0.409 e. The van der Waals surface area contributed by atoms with Crippen LogP contribution in [0.5, 0.6) is 0 Å². The number of hydrogen-bond donors (Lipinski definition) is 1. The van der Waals surface area contributed by atoms with Gasteiger partial charge in [-0.1, -0.05) is 113 Å². The molecule has 7 nitrogen and oxygen atoms in total. The third-order valence-electron chi connectivity index (χ3n) is 9.64. The second kappa shape index (κ2) is 14.1. The fourth-order valence-electron chi connectivity index (χ4n) is 6.13. The molecule has 2 unspecified atom stereocenters. The molecule has 0 bridgehead atoms. The minimum atomic E-state index is -3.18. The van der Waals surface area contributed by atoms with Crippen LogP contribution in [-0.4, -0.2) is 79.8 Å². The monoisotopic (exact) mass is 657 g/mol. The van der Waals surface area contributed by atoms with Crippen molar-refractivity contribution in [3.63, 3.8) is 0 Å². The molecule has 5 atom stereocenters. The van der Waals surface area contributed by atoms with Gasteiger partial charge in [-0.2, -0.15) is 5.26 Å². The molecule has 1 N–H and O–H groups in total. The van der Waals surface area contributed by atoms with Crippen LogP contribution < -0.4 is 10.4 Å². The Morgan fingerprint density at radius 2 is 1.52 bits per heavy atom. The molecule has 0 spiro atoms. The van der Waals surface area contributed by atoms with Crippen LogP contribution in [0.25, 0.3) is 0 Å². The minimum Gasteiger partial charge on any atom is -0.409 e. The van der Waals surface area contributed by atoms with Crippen molar-refractivity contribution in [1.82, 2.24) is 0 Å². The summed E-state index contributed by atoms with van der Waals surface area (Å²) in [7, 11) is -4.76. The Kier molecular flexibility index (Phi) is 11.8. The smallest absolute Gasteiger partial charge is 0.250 e. The van der Waals surface area contributed by atoms with Gasteiger partial charge in [0.05, 0.1) is 37.8 Å². The normalized spacial score (nSPS) is 24.5. The van der Waals surface area contributed by atoms with Crippen LogP contribution in [0.4, 0.5) is 0 Å². The van der Waals surface area contributed by atoms with E-state index >= 15 is 0 Å². The standard InChI is InChI=1S/C33H53BNO6PSi2/c1-31(2,3)43(9,10)41-28-29(40-42(8,37-7)38-23-17-22-35)33(24-36,39-30(28)34)25-44(32(4,5)6,26-18-13-11-14-19-26)27-20-15-12-16-21-27/h11-16,18-21,28-30,36H,8,17,23-25,34H2,1-7,9-10H3/t28-,29?,30+,33-,42?/m0/s1. The van der Waals surface area contributed by atoms with Gasteiger partial charge >= 0.3 is 0 Å². The second-order valence-electron chi connectivity index (χ2n) is 14.5. The van der Waals surface area contributed by atoms with Crippen molar-refractivity contribution >= 4 is 48.5 Å². The van der Waals surface area contributed by atoms with E-state index in [9.17, 15) is 5.11 Å². The lowest BCUT2D eigenvalue weighted by Crippen LogP contribution is -2.69. The van der Waals surface area contributed by atoms with Crippen molar-refractivity contribution in [2.75, 3.05) is 20.3 Å². The van der Waals surface area contributed by atoms with Gasteiger partial charge in [-0.05, 0) is 35.5 Å². The molecule has 44 heavy (non-hydrogen) atoms. The molecular weight excluding hydrogens is 604 g/mol. The molecule has 0 amide bonds. The molecule has 1 heterocycles. The van der Waals surface area contributed by atoms with Crippen LogP contribution in [0.3, 0.4) is 0 Å². The molecule has 1 fully saturated rings. The lowest BCUT2D eigenvalue weighted by Gasteiger charge is -2.50. The average Bonchev–Trinajstić information content (AvgIpc) is 3.20. The van der Waals surface area contributed by atoms with Crippen LogP contribution in [0, 0.1) is 11.3 Å². The van der Waals surface area contributed by atoms with Crippen LogP contribution in [0.2, 0.25) is 29.2 Å². The molecule has 2 aromatic rings. The van der Waals surface area contributed by atoms with Gasteiger partial charge < -0.3 is 27.8 Å². The van der Waals surface area contributed by atoms with Crippen molar-refractivity contribution in [1.29, 1.82) is 5.26 Å². The molecule has 0 aromatic heterocycles. The maximum Gasteiger partial charge on any atom is 0.250 e.